The van der Waals surface area contributed by atoms with Gasteiger partial charge >= 0.3 is 97.9 Å². The van der Waals surface area contributed by atoms with E-state index in [1.165, 1.54) is 0 Å². The molecule has 0 saturated carbocycles. The maximum atomic E-state index is 2.64. The maximum absolute atomic E-state index is 2.64. The summed E-state index contributed by atoms with van der Waals surface area (Å²) in [6, 6.07) is 8.83. The zero-order chi connectivity index (χ0) is 8.39. The summed E-state index contributed by atoms with van der Waals surface area (Å²) in [5, 5.41) is 4.35. The predicted octanol–water partition coefficient (Wildman–Crippen LogP) is 4.71. The number of halogens is 2. The van der Waals surface area contributed by atoms with Gasteiger partial charge in [0.15, 0.2) is 0 Å². The van der Waals surface area contributed by atoms with E-state index in [1.54, 1.807) is 5.77 Å². The third kappa shape index (κ3) is 2.02. The molecule has 12 heavy (non-hydrogen) atoms. The summed E-state index contributed by atoms with van der Waals surface area (Å²) in [5.41, 5.74) is 0. The first-order valence-corrected chi connectivity index (χ1v) is 13.5. The summed E-state index contributed by atoms with van der Waals surface area (Å²) in [4.78, 5) is 0. The van der Waals surface area contributed by atoms with Gasteiger partial charge in [0.25, 0.3) is 0 Å². The van der Waals surface area contributed by atoms with Gasteiger partial charge in [-0.05, 0) is 0 Å². The molecular formula is C8H6I2S2. The Morgan fingerprint density at radius 1 is 1.00 bits per heavy atom. The Bertz CT molecular complexity index is 292. The van der Waals surface area contributed by atoms with Crippen LogP contribution in [0.4, 0.5) is 0 Å². The molecule has 0 amide bonds. The van der Waals surface area contributed by atoms with E-state index >= 15 is 0 Å². The molecule has 0 bridgehead atoms. The van der Waals surface area contributed by atoms with Gasteiger partial charge in [-0.3, -0.25) is 0 Å². The average Bonchev–Trinajstić information content (AvgIpc) is 2.77. The Labute approximate surface area is 96.6 Å². The summed E-state index contributed by atoms with van der Waals surface area (Å²) in [5.74, 6) is 0. The van der Waals surface area contributed by atoms with Crippen LogP contribution in [0.1, 0.15) is 0 Å². The summed E-state index contributed by atoms with van der Waals surface area (Å²) in [6.45, 7) is 0. The van der Waals surface area contributed by atoms with E-state index in [2.05, 4.69) is 53.6 Å². The normalized spacial score (nSPS) is 11.6. The van der Waals surface area contributed by atoms with Gasteiger partial charge in [-0.1, -0.05) is 0 Å². The first-order valence-electron chi connectivity index (χ1n) is 3.31. The van der Waals surface area contributed by atoms with Crippen molar-refractivity contribution in [3.8, 4) is 0 Å². The fourth-order valence-electron chi connectivity index (χ4n) is 0.798. The van der Waals surface area contributed by atoms with E-state index in [4.69, 9.17) is 0 Å². The molecule has 2 aromatic heterocycles. The van der Waals surface area contributed by atoms with Crippen molar-refractivity contribution in [2.45, 2.75) is 0 Å². The van der Waals surface area contributed by atoms with Crippen molar-refractivity contribution in [2.75, 3.05) is 0 Å². The van der Waals surface area contributed by atoms with Gasteiger partial charge in [0.2, 0.25) is 0 Å². The molecule has 2 heterocycles. The number of thiophene rings is 2. The van der Waals surface area contributed by atoms with E-state index in [0.29, 0.717) is 0 Å². The van der Waals surface area contributed by atoms with Gasteiger partial charge in [-0.15, -0.1) is 0 Å². The van der Waals surface area contributed by atoms with Crippen molar-refractivity contribution in [1.29, 1.82) is 0 Å². The molecule has 4 heteroatoms. The van der Waals surface area contributed by atoms with Crippen LogP contribution >= 0.6 is 57.1 Å². The number of rotatable bonds is 2. The fourth-order valence-corrected chi connectivity index (χ4v) is 12.8. The Kier molecular flexibility index (Phi) is 3.44. The monoisotopic (exact) mass is 420 g/mol. The third-order valence-corrected chi connectivity index (χ3v) is 18.4. The second kappa shape index (κ2) is 4.39. The molecule has 0 fully saturated rings. The van der Waals surface area contributed by atoms with E-state index in [0.717, 1.165) is 0 Å². The van der Waals surface area contributed by atoms with E-state index in [9.17, 15) is 0 Å². The van der Waals surface area contributed by atoms with Crippen LogP contribution < -0.4 is 0 Å². The molecule has 2 rings (SSSR count). The van der Waals surface area contributed by atoms with Crippen molar-refractivity contribution in [3.63, 3.8) is 0 Å². The molecule has 0 aliphatic heterocycles. The molecule has 0 atom stereocenters. The second-order valence-electron chi connectivity index (χ2n) is 2.07. The minimum absolute atomic E-state index is 0.988. The number of hydrogen-bond donors (Lipinski definition) is 0. The first-order chi connectivity index (χ1) is 5.88. The summed E-state index contributed by atoms with van der Waals surface area (Å²) in [6.07, 6.45) is 0. The van der Waals surface area contributed by atoms with Gasteiger partial charge in [0.1, 0.15) is 0 Å². The van der Waals surface area contributed by atoms with Crippen LogP contribution in [0.3, 0.4) is 0 Å². The molecule has 0 unspecified atom stereocenters. The Morgan fingerprint density at radius 2 is 1.50 bits per heavy atom. The zero-order valence-corrected chi connectivity index (χ0v) is 12.0. The van der Waals surface area contributed by atoms with Crippen molar-refractivity contribution in [2.24, 2.45) is 0 Å². The molecule has 0 aliphatic carbocycles. The van der Waals surface area contributed by atoms with Crippen molar-refractivity contribution in [3.05, 3.63) is 40.8 Å². The van der Waals surface area contributed by atoms with Crippen LogP contribution in [0.2, 0.25) is 0 Å². The number of hydrogen-bond acceptors (Lipinski definition) is 2. The molecule has 0 spiro atoms. The van der Waals surface area contributed by atoms with Gasteiger partial charge in [0.05, 0.1) is 0 Å². The Morgan fingerprint density at radius 3 is 1.83 bits per heavy atom. The Hall–Kier alpha value is 0.860. The van der Waals surface area contributed by atoms with Crippen LogP contribution in [0.25, 0.3) is 0 Å². The van der Waals surface area contributed by atoms with Crippen LogP contribution in [0.5, 0.6) is 0 Å². The molecule has 0 aliphatic rings. The standard InChI is InChI=1S/C8H6I2S2/c9-10(7-3-1-5-11-7)8-4-2-6-12-8/h1-6H. The minimum atomic E-state index is -0.988. The summed E-state index contributed by atoms with van der Waals surface area (Å²) < 4.78 is 3.20. The molecule has 2 aromatic rings. The predicted molar refractivity (Wildman–Crippen MR) is 74.1 cm³/mol. The quantitative estimate of drug-likeness (QED) is 0.618. The average molecular weight is 420 g/mol. The van der Waals surface area contributed by atoms with Crippen molar-refractivity contribution in [1.82, 2.24) is 0 Å². The zero-order valence-electron chi connectivity index (χ0n) is 6.04. The van der Waals surface area contributed by atoms with Crippen LogP contribution in [-0.2, 0) is 0 Å². The first kappa shape index (κ1) is 9.42. The SMILES string of the molecule is II(c1cccs1)c1cccs1. The van der Waals surface area contributed by atoms with E-state index in [-0.39, 0.29) is 0 Å². The molecule has 64 valence electrons. The molecule has 0 N–H and O–H groups in total. The topological polar surface area (TPSA) is 0 Å². The van der Waals surface area contributed by atoms with Crippen molar-refractivity contribution < 1.29 is 0 Å². The van der Waals surface area contributed by atoms with Crippen LogP contribution in [-0.4, -0.2) is 0 Å². The van der Waals surface area contributed by atoms with E-state index < -0.39 is 15.8 Å². The van der Waals surface area contributed by atoms with E-state index in [1.807, 2.05) is 22.7 Å². The third-order valence-electron chi connectivity index (χ3n) is 1.30. The molecule has 0 aromatic carbocycles. The molecule has 0 saturated heterocycles. The van der Waals surface area contributed by atoms with Gasteiger partial charge in [0, 0.05) is 0 Å². The second-order valence-corrected chi connectivity index (χ2v) is 14.6. The van der Waals surface area contributed by atoms with Gasteiger partial charge < -0.3 is 0 Å². The van der Waals surface area contributed by atoms with Crippen LogP contribution in [0, 0.1) is 5.77 Å². The van der Waals surface area contributed by atoms with Gasteiger partial charge in [-0.25, -0.2) is 0 Å². The fraction of sp³-hybridized carbons (Fsp3) is 0. The van der Waals surface area contributed by atoms with Gasteiger partial charge in [-0.2, -0.15) is 0 Å². The summed E-state index contributed by atoms with van der Waals surface area (Å²) in [7, 11) is 0. The van der Waals surface area contributed by atoms with Crippen molar-refractivity contribution >= 4 is 57.1 Å². The molecule has 0 nitrogen and oxygen atoms in total. The van der Waals surface area contributed by atoms with Crippen LogP contribution in [0.15, 0.2) is 35.0 Å². The summed E-state index contributed by atoms with van der Waals surface area (Å²) >= 11 is 5.45. The Balaban J connectivity index is 2.27. The molecule has 0 radical (unpaired) electrons. The molecular weight excluding hydrogens is 414 g/mol.